The Bertz CT molecular complexity index is 631. The van der Waals surface area contributed by atoms with E-state index in [1.807, 2.05) is 0 Å². The van der Waals surface area contributed by atoms with Gasteiger partial charge in [-0.1, -0.05) is 0 Å². The first-order chi connectivity index (χ1) is 9.27. The highest BCUT2D eigenvalue weighted by Crippen LogP contribution is 2.29. The van der Waals surface area contributed by atoms with Crippen LogP contribution in [0.25, 0.3) is 0 Å². The molecule has 0 fully saturated rings. The van der Waals surface area contributed by atoms with E-state index in [1.165, 1.54) is 23.0 Å². The number of nitrogens with zero attached hydrogens (tertiary/aromatic N) is 2. The van der Waals surface area contributed by atoms with Gasteiger partial charge in [-0.2, -0.15) is 18.3 Å². The fourth-order valence-corrected chi connectivity index (χ4v) is 1.62. The summed E-state index contributed by atoms with van der Waals surface area (Å²) in [5, 5.41) is 6.29. The van der Waals surface area contributed by atoms with E-state index in [0.717, 1.165) is 12.1 Å². The van der Waals surface area contributed by atoms with Gasteiger partial charge in [-0.25, -0.2) is 0 Å². The summed E-state index contributed by atoms with van der Waals surface area (Å²) in [5.41, 5.74) is 5.24. The zero-order valence-corrected chi connectivity index (χ0v) is 10.4. The number of aryl methyl sites for hydroxylation is 1. The average molecular weight is 284 g/mol. The van der Waals surface area contributed by atoms with Crippen LogP contribution in [0.4, 0.5) is 24.5 Å². The molecule has 106 valence electrons. The third-order valence-electron chi connectivity index (χ3n) is 2.54. The number of amides is 1. The van der Waals surface area contributed by atoms with E-state index in [2.05, 4.69) is 10.4 Å². The number of carbonyl (C=O) groups excluding carboxylic acids is 1. The van der Waals surface area contributed by atoms with Gasteiger partial charge in [0.15, 0.2) is 5.69 Å². The van der Waals surface area contributed by atoms with Crippen molar-refractivity contribution in [3.63, 3.8) is 0 Å². The van der Waals surface area contributed by atoms with Crippen LogP contribution in [0.1, 0.15) is 16.1 Å². The normalized spacial score (nSPS) is 11.4. The molecule has 0 unspecified atom stereocenters. The van der Waals surface area contributed by atoms with Crippen molar-refractivity contribution in [2.75, 3.05) is 11.1 Å². The van der Waals surface area contributed by atoms with Crippen LogP contribution in [0.3, 0.4) is 0 Å². The number of benzene rings is 1. The van der Waals surface area contributed by atoms with Crippen molar-refractivity contribution >= 4 is 17.3 Å². The molecule has 20 heavy (non-hydrogen) atoms. The van der Waals surface area contributed by atoms with Crippen LogP contribution in [0.5, 0.6) is 0 Å². The van der Waals surface area contributed by atoms with Crippen molar-refractivity contribution in [2.45, 2.75) is 6.18 Å². The zero-order chi connectivity index (χ0) is 14.9. The second kappa shape index (κ2) is 4.87. The number of anilines is 2. The molecule has 5 nitrogen and oxygen atoms in total. The molecule has 0 atom stereocenters. The van der Waals surface area contributed by atoms with Crippen molar-refractivity contribution in [1.82, 2.24) is 9.78 Å². The molecule has 1 aromatic heterocycles. The lowest BCUT2D eigenvalue weighted by Gasteiger charge is -2.08. The third kappa shape index (κ3) is 2.90. The maximum Gasteiger partial charge on any atom is 0.416 e. The van der Waals surface area contributed by atoms with Crippen molar-refractivity contribution in [3.8, 4) is 0 Å². The van der Waals surface area contributed by atoms with E-state index in [-0.39, 0.29) is 17.1 Å². The van der Waals surface area contributed by atoms with Crippen LogP contribution in [-0.4, -0.2) is 15.7 Å². The third-order valence-corrected chi connectivity index (χ3v) is 2.54. The molecule has 1 heterocycles. The Labute approximate surface area is 112 Å². The molecule has 0 bridgehead atoms. The predicted molar refractivity (Wildman–Crippen MR) is 67.0 cm³/mol. The number of alkyl halides is 3. The Hall–Kier alpha value is -2.51. The molecule has 0 aliphatic carbocycles. The predicted octanol–water partition coefficient (Wildman–Crippen LogP) is 2.27. The van der Waals surface area contributed by atoms with Gasteiger partial charge in [0.05, 0.1) is 11.3 Å². The van der Waals surface area contributed by atoms with Gasteiger partial charge >= 0.3 is 6.18 Å². The lowest BCUT2D eigenvalue weighted by Crippen LogP contribution is -2.15. The maximum absolute atomic E-state index is 12.4. The van der Waals surface area contributed by atoms with E-state index >= 15 is 0 Å². The molecule has 0 spiro atoms. The number of halogens is 3. The lowest BCUT2D eigenvalue weighted by atomic mass is 10.2. The summed E-state index contributed by atoms with van der Waals surface area (Å²) in [6.45, 7) is 0. The van der Waals surface area contributed by atoms with Crippen LogP contribution < -0.4 is 11.1 Å². The number of nitrogens with one attached hydrogen (secondary N) is 1. The van der Waals surface area contributed by atoms with Gasteiger partial charge in [0, 0.05) is 18.9 Å². The van der Waals surface area contributed by atoms with E-state index in [0.29, 0.717) is 0 Å². The minimum atomic E-state index is -4.41. The average Bonchev–Trinajstić information content (AvgIpc) is 2.68. The molecule has 2 rings (SSSR count). The van der Waals surface area contributed by atoms with Gasteiger partial charge < -0.3 is 11.1 Å². The van der Waals surface area contributed by atoms with Gasteiger partial charge in [0.1, 0.15) is 0 Å². The minimum Gasteiger partial charge on any atom is -0.396 e. The first kappa shape index (κ1) is 13.9. The second-order valence-corrected chi connectivity index (χ2v) is 4.14. The molecule has 8 heteroatoms. The van der Waals surface area contributed by atoms with E-state index < -0.39 is 17.6 Å². The Morgan fingerprint density at radius 3 is 2.35 bits per heavy atom. The summed E-state index contributed by atoms with van der Waals surface area (Å²) in [7, 11) is 1.60. The molecule has 0 aliphatic heterocycles. The number of carbonyl (C=O) groups is 1. The van der Waals surface area contributed by atoms with Crippen LogP contribution in [0.15, 0.2) is 30.5 Å². The van der Waals surface area contributed by atoms with Crippen LogP contribution in [0.2, 0.25) is 0 Å². The van der Waals surface area contributed by atoms with Crippen LogP contribution >= 0.6 is 0 Å². The minimum absolute atomic E-state index is 0.0207. The fraction of sp³-hybridized carbons (Fsp3) is 0.167. The highest BCUT2D eigenvalue weighted by molar-refractivity contribution is 6.06. The highest BCUT2D eigenvalue weighted by atomic mass is 19.4. The van der Waals surface area contributed by atoms with E-state index in [9.17, 15) is 18.0 Å². The van der Waals surface area contributed by atoms with Gasteiger partial charge in [-0.15, -0.1) is 0 Å². The number of hydrogen-bond acceptors (Lipinski definition) is 3. The van der Waals surface area contributed by atoms with E-state index in [4.69, 9.17) is 5.73 Å². The molecular weight excluding hydrogens is 273 g/mol. The smallest absolute Gasteiger partial charge is 0.396 e. The van der Waals surface area contributed by atoms with Crippen molar-refractivity contribution in [3.05, 3.63) is 41.7 Å². The van der Waals surface area contributed by atoms with Gasteiger partial charge in [-0.3, -0.25) is 9.48 Å². The monoisotopic (exact) mass is 284 g/mol. The summed E-state index contributed by atoms with van der Waals surface area (Å²) in [5.74, 6) is -0.581. The largest absolute Gasteiger partial charge is 0.416 e. The molecule has 2 aromatic rings. The second-order valence-electron chi connectivity index (χ2n) is 4.14. The van der Waals surface area contributed by atoms with Crippen molar-refractivity contribution in [2.24, 2.45) is 7.05 Å². The molecule has 0 saturated carbocycles. The summed E-state index contributed by atoms with van der Waals surface area (Å²) >= 11 is 0. The first-order valence-corrected chi connectivity index (χ1v) is 5.55. The topological polar surface area (TPSA) is 72.9 Å². The van der Waals surface area contributed by atoms with Gasteiger partial charge in [-0.05, 0) is 24.3 Å². The molecule has 1 aromatic carbocycles. The molecule has 3 N–H and O–H groups in total. The standard InChI is InChI=1S/C12H11F3N4O/c1-19-6-9(16)10(18-19)11(20)17-8-4-2-7(3-5-8)12(13,14)15/h2-6H,16H2,1H3,(H,17,20). The van der Waals surface area contributed by atoms with Crippen molar-refractivity contribution in [1.29, 1.82) is 0 Å². The Balaban J connectivity index is 2.14. The Morgan fingerprint density at radius 2 is 1.90 bits per heavy atom. The quantitative estimate of drug-likeness (QED) is 0.888. The SMILES string of the molecule is Cn1cc(N)c(C(=O)Nc2ccc(C(F)(F)F)cc2)n1. The molecule has 0 saturated heterocycles. The number of aromatic nitrogens is 2. The summed E-state index contributed by atoms with van der Waals surface area (Å²) in [6.07, 6.45) is -2.95. The van der Waals surface area contributed by atoms with Gasteiger partial charge in [0.25, 0.3) is 5.91 Å². The van der Waals surface area contributed by atoms with Crippen LogP contribution in [-0.2, 0) is 13.2 Å². The van der Waals surface area contributed by atoms with Crippen LogP contribution in [0, 0.1) is 0 Å². The fourth-order valence-electron chi connectivity index (χ4n) is 1.62. The maximum atomic E-state index is 12.4. The molecule has 1 amide bonds. The number of nitrogen functional groups attached to an aromatic ring is 1. The first-order valence-electron chi connectivity index (χ1n) is 5.55. The molecule has 0 radical (unpaired) electrons. The summed E-state index contributed by atoms with van der Waals surface area (Å²) < 4.78 is 38.5. The number of hydrogen-bond donors (Lipinski definition) is 2. The zero-order valence-electron chi connectivity index (χ0n) is 10.4. The summed E-state index contributed by atoms with van der Waals surface area (Å²) in [4.78, 5) is 11.8. The number of rotatable bonds is 2. The molecule has 0 aliphatic rings. The highest BCUT2D eigenvalue weighted by Gasteiger charge is 2.30. The Kier molecular flexibility index (Phi) is 3.39. The summed E-state index contributed by atoms with van der Waals surface area (Å²) in [6, 6.07) is 4.11. The van der Waals surface area contributed by atoms with Crippen molar-refractivity contribution < 1.29 is 18.0 Å². The van der Waals surface area contributed by atoms with Gasteiger partial charge in [0.2, 0.25) is 0 Å². The van der Waals surface area contributed by atoms with E-state index in [1.54, 1.807) is 7.05 Å². The Morgan fingerprint density at radius 1 is 1.30 bits per heavy atom. The number of nitrogens with two attached hydrogens (primary N) is 1. The molecular formula is C12H11F3N4O. The lowest BCUT2D eigenvalue weighted by molar-refractivity contribution is -0.137.